The van der Waals surface area contributed by atoms with Crippen molar-refractivity contribution in [1.82, 2.24) is 0 Å². The van der Waals surface area contributed by atoms with Gasteiger partial charge >= 0.3 is 5.97 Å². The summed E-state index contributed by atoms with van der Waals surface area (Å²) in [5.74, 6) is -0.273. The lowest BCUT2D eigenvalue weighted by atomic mass is 10.1. The number of hydrogen-bond acceptors (Lipinski definition) is 2. The van der Waals surface area contributed by atoms with Crippen LogP contribution in [0.4, 0.5) is 0 Å². The van der Waals surface area contributed by atoms with Crippen LogP contribution in [0.25, 0.3) is 0 Å². The van der Waals surface area contributed by atoms with Crippen molar-refractivity contribution in [3.63, 3.8) is 0 Å². The number of ether oxygens (including phenoxy) is 1. The summed E-state index contributed by atoms with van der Waals surface area (Å²) in [6.07, 6.45) is 2.31. The van der Waals surface area contributed by atoms with Crippen LogP contribution in [0.5, 0.6) is 0 Å². The number of likely N-dealkylation sites (N-methyl/N-ethyl adjacent to an activating group) is 1. The third-order valence-electron chi connectivity index (χ3n) is 3.94. The Balaban J connectivity index is 4.50. The second-order valence-corrected chi connectivity index (χ2v) is 5.16. The topological polar surface area (TPSA) is 26.3 Å². The van der Waals surface area contributed by atoms with E-state index in [9.17, 15) is 4.79 Å². The van der Waals surface area contributed by atoms with Crippen LogP contribution in [0.2, 0.25) is 0 Å². The Labute approximate surface area is 112 Å². The molecule has 0 radical (unpaired) electrons. The van der Waals surface area contributed by atoms with Crippen LogP contribution in [-0.4, -0.2) is 42.7 Å². The maximum atomic E-state index is 11.4. The molecule has 0 amide bonds. The molecule has 2 atom stereocenters. The third kappa shape index (κ3) is 4.81. The van der Waals surface area contributed by atoms with Gasteiger partial charge in [-0.3, -0.25) is 0 Å². The lowest BCUT2D eigenvalue weighted by molar-refractivity contribution is -0.948. The molecule has 0 aromatic rings. The standard InChI is InChI=1S/C15H30NO2/c1-7-10-16(9-3,14(6)8-2)11-12-18-15(17)13(4)5/h14H,4,7-12H2,1-3,5-6H3/q+1. The molecule has 3 nitrogen and oxygen atoms in total. The number of nitrogens with zero attached hydrogens (tertiary/aromatic N) is 1. The first-order chi connectivity index (χ1) is 8.43. The van der Waals surface area contributed by atoms with Gasteiger partial charge in [0.25, 0.3) is 0 Å². The van der Waals surface area contributed by atoms with Crippen LogP contribution in [-0.2, 0) is 9.53 Å². The molecule has 0 aliphatic carbocycles. The van der Waals surface area contributed by atoms with Crippen molar-refractivity contribution in [3.8, 4) is 0 Å². The highest BCUT2D eigenvalue weighted by Gasteiger charge is 2.30. The first kappa shape index (κ1) is 17.2. The quantitative estimate of drug-likeness (QED) is 0.360. The fraction of sp³-hybridized carbons (Fsp3) is 0.800. The van der Waals surface area contributed by atoms with Crippen LogP contribution in [0.1, 0.15) is 47.5 Å². The first-order valence-electron chi connectivity index (χ1n) is 7.11. The lowest BCUT2D eigenvalue weighted by Crippen LogP contribution is -2.56. The molecule has 0 aliphatic heterocycles. The molecule has 0 spiro atoms. The molecule has 0 aliphatic rings. The van der Waals surface area contributed by atoms with Gasteiger partial charge in [-0.15, -0.1) is 0 Å². The average Bonchev–Trinajstić information content (AvgIpc) is 2.36. The van der Waals surface area contributed by atoms with Crippen molar-refractivity contribution in [1.29, 1.82) is 0 Å². The Morgan fingerprint density at radius 1 is 1.28 bits per heavy atom. The summed E-state index contributed by atoms with van der Waals surface area (Å²) < 4.78 is 6.29. The fourth-order valence-corrected chi connectivity index (χ4v) is 2.46. The summed E-state index contributed by atoms with van der Waals surface area (Å²) >= 11 is 0. The Kier molecular flexibility index (Phi) is 7.92. The average molecular weight is 256 g/mol. The van der Waals surface area contributed by atoms with Crippen molar-refractivity contribution in [2.45, 2.75) is 53.5 Å². The van der Waals surface area contributed by atoms with Gasteiger partial charge in [0.05, 0.1) is 19.1 Å². The van der Waals surface area contributed by atoms with E-state index in [0.717, 1.165) is 37.0 Å². The molecule has 3 heteroatoms. The van der Waals surface area contributed by atoms with E-state index in [1.165, 1.54) is 0 Å². The highest BCUT2D eigenvalue weighted by molar-refractivity contribution is 5.86. The van der Waals surface area contributed by atoms with Gasteiger partial charge in [-0.05, 0) is 33.6 Å². The second-order valence-electron chi connectivity index (χ2n) is 5.16. The Morgan fingerprint density at radius 2 is 1.89 bits per heavy atom. The Hall–Kier alpha value is -0.830. The third-order valence-corrected chi connectivity index (χ3v) is 3.94. The number of hydrogen-bond donors (Lipinski definition) is 0. The van der Waals surface area contributed by atoms with E-state index in [0.29, 0.717) is 18.2 Å². The molecule has 0 bridgehead atoms. The highest BCUT2D eigenvalue weighted by Crippen LogP contribution is 2.17. The molecular weight excluding hydrogens is 226 g/mol. The van der Waals surface area contributed by atoms with E-state index in [-0.39, 0.29) is 5.97 Å². The molecule has 0 fully saturated rings. The summed E-state index contributed by atoms with van der Waals surface area (Å²) in [4.78, 5) is 11.4. The number of esters is 1. The van der Waals surface area contributed by atoms with Gasteiger partial charge in [0, 0.05) is 5.57 Å². The minimum atomic E-state index is -0.273. The number of rotatable bonds is 9. The van der Waals surface area contributed by atoms with E-state index in [1.807, 2.05) is 0 Å². The minimum absolute atomic E-state index is 0.273. The largest absolute Gasteiger partial charge is 0.456 e. The molecule has 0 heterocycles. The summed E-state index contributed by atoms with van der Waals surface area (Å²) in [5.41, 5.74) is 0.476. The molecular formula is C15H30NO2+. The van der Waals surface area contributed by atoms with Crippen molar-refractivity contribution < 1.29 is 14.0 Å². The Bertz CT molecular complexity index is 276. The molecule has 2 unspecified atom stereocenters. The van der Waals surface area contributed by atoms with Crippen LogP contribution in [0, 0.1) is 0 Å². The molecule has 0 N–H and O–H groups in total. The van der Waals surface area contributed by atoms with Crippen LogP contribution in [0.3, 0.4) is 0 Å². The van der Waals surface area contributed by atoms with Crippen molar-refractivity contribution >= 4 is 5.97 Å². The predicted octanol–water partition coefficient (Wildman–Crippen LogP) is 3.15. The Morgan fingerprint density at radius 3 is 2.28 bits per heavy atom. The normalized spacial score (nSPS) is 15.8. The molecule has 0 saturated heterocycles. The van der Waals surface area contributed by atoms with Gasteiger partial charge in [-0.1, -0.05) is 20.4 Å². The SMILES string of the molecule is C=C(C)C(=O)OCC[N+](CC)(CCC)C(C)CC. The molecule has 0 aromatic carbocycles. The molecule has 18 heavy (non-hydrogen) atoms. The van der Waals surface area contributed by atoms with Crippen molar-refractivity contribution in [2.24, 2.45) is 0 Å². The smallest absolute Gasteiger partial charge is 0.333 e. The van der Waals surface area contributed by atoms with Crippen molar-refractivity contribution in [3.05, 3.63) is 12.2 Å². The summed E-state index contributed by atoms with van der Waals surface area (Å²) in [7, 11) is 0. The van der Waals surface area contributed by atoms with Crippen molar-refractivity contribution in [2.75, 3.05) is 26.2 Å². The lowest BCUT2D eigenvalue weighted by Gasteiger charge is -2.42. The van der Waals surface area contributed by atoms with E-state index < -0.39 is 0 Å². The molecule has 0 aromatic heterocycles. The van der Waals surface area contributed by atoms with Crippen LogP contribution < -0.4 is 0 Å². The van der Waals surface area contributed by atoms with E-state index >= 15 is 0 Å². The van der Waals surface area contributed by atoms with Gasteiger partial charge < -0.3 is 9.22 Å². The number of carbonyl (C=O) groups is 1. The zero-order chi connectivity index (χ0) is 14.2. The summed E-state index contributed by atoms with van der Waals surface area (Å²) in [6.45, 7) is 17.9. The van der Waals surface area contributed by atoms with Gasteiger partial charge in [0.1, 0.15) is 13.2 Å². The highest BCUT2D eigenvalue weighted by atomic mass is 16.5. The minimum Gasteiger partial charge on any atom is -0.456 e. The van der Waals surface area contributed by atoms with Gasteiger partial charge in [0.2, 0.25) is 0 Å². The molecule has 106 valence electrons. The second kappa shape index (κ2) is 8.30. The monoisotopic (exact) mass is 256 g/mol. The van der Waals surface area contributed by atoms with Gasteiger partial charge in [-0.25, -0.2) is 4.79 Å². The maximum Gasteiger partial charge on any atom is 0.333 e. The van der Waals surface area contributed by atoms with Crippen LogP contribution in [0.15, 0.2) is 12.2 Å². The zero-order valence-electron chi connectivity index (χ0n) is 12.8. The zero-order valence-corrected chi connectivity index (χ0v) is 12.8. The molecule has 0 saturated carbocycles. The predicted molar refractivity (Wildman–Crippen MR) is 76.4 cm³/mol. The van der Waals surface area contributed by atoms with Gasteiger partial charge in [-0.2, -0.15) is 0 Å². The number of quaternary nitrogens is 1. The van der Waals surface area contributed by atoms with Crippen LogP contribution >= 0.6 is 0 Å². The summed E-state index contributed by atoms with van der Waals surface area (Å²) in [5, 5.41) is 0. The van der Waals surface area contributed by atoms with E-state index in [1.54, 1.807) is 6.92 Å². The fourth-order valence-electron chi connectivity index (χ4n) is 2.46. The first-order valence-corrected chi connectivity index (χ1v) is 7.11. The molecule has 0 rings (SSSR count). The summed E-state index contributed by atoms with van der Waals surface area (Å²) in [6, 6.07) is 0.610. The maximum absolute atomic E-state index is 11.4. The van der Waals surface area contributed by atoms with Gasteiger partial charge in [0.15, 0.2) is 0 Å². The van der Waals surface area contributed by atoms with E-state index in [4.69, 9.17) is 4.74 Å². The number of carbonyl (C=O) groups excluding carboxylic acids is 1. The van der Waals surface area contributed by atoms with E-state index in [2.05, 4.69) is 34.3 Å².